The van der Waals surface area contributed by atoms with E-state index in [4.69, 9.17) is 10.8 Å². The second kappa shape index (κ2) is 3.77. The standard InChI is InChI=1S/C6H11F2NO3/c1-6(11,5(7)8)3(9)4(10)12-2/h3,5,11H,9H2,1-2H3. The van der Waals surface area contributed by atoms with Crippen molar-refractivity contribution < 1.29 is 23.4 Å². The van der Waals surface area contributed by atoms with Gasteiger partial charge in [-0.05, 0) is 6.92 Å². The lowest BCUT2D eigenvalue weighted by molar-refractivity contribution is -0.158. The zero-order valence-electron chi connectivity index (χ0n) is 6.75. The maximum atomic E-state index is 12.0. The lowest BCUT2D eigenvalue weighted by atomic mass is 9.98. The van der Waals surface area contributed by atoms with Gasteiger partial charge in [-0.15, -0.1) is 0 Å². The van der Waals surface area contributed by atoms with Crippen molar-refractivity contribution >= 4 is 5.97 Å². The molecule has 0 aromatic rings. The van der Waals surface area contributed by atoms with Gasteiger partial charge in [0.15, 0.2) is 0 Å². The van der Waals surface area contributed by atoms with Crippen LogP contribution in [0.15, 0.2) is 0 Å². The maximum Gasteiger partial charge on any atom is 0.325 e. The third-order valence-corrected chi connectivity index (χ3v) is 1.53. The summed E-state index contributed by atoms with van der Waals surface area (Å²) in [6, 6.07) is -1.73. The molecule has 0 spiro atoms. The Labute approximate surface area is 68.3 Å². The summed E-state index contributed by atoms with van der Waals surface area (Å²) in [5, 5.41) is 8.99. The van der Waals surface area contributed by atoms with Crippen molar-refractivity contribution in [3.63, 3.8) is 0 Å². The predicted octanol–water partition coefficient (Wildman–Crippen LogP) is -0.497. The van der Waals surface area contributed by atoms with Crippen LogP contribution < -0.4 is 5.73 Å². The molecule has 0 heterocycles. The molecule has 0 saturated carbocycles. The Kier molecular flexibility index (Phi) is 3.54. The van der Waals surface area contributed by atoms with Gasteiger partial charge in [-0.2, -0.15) is 0 Å². The first-order valence-corrected chi connectivity index (χ1v) is 3.18. The molecule has 0 amide bonds. The van der Waals surface area contributed by atoms with Crippen LogP contribution in [0.2, 0.25) is 0 Å². The van der Waals surface area contributed by atoms with Gasteiger partial charge in [-0.3, -0.25) is 4.79 Å². The smallest absolute Gasteiger partial charge is 0.325 e. The lowest BCUT2D eigenvalue weighted by Gasteiger charge is -2.26. The van der Waals surface area contributed by atoms with Gasteiger partial charge in [0.1, 0.15) is 11.6 Å². The number of halogens is 2. The fourth-order valence-corrected chi connectivity index (χ4v) is 0.501. The Morgan fingerprint density at radius 3 is 2.33 bits per heavy atom. The van der Waals surface area contributed by atoms with E-state index in [2.05, 4.69) is 4.74 Å². The van der Waals surface area contributed by atoms with Crippen molar-refractivity contribution in [1.29, 1.82) is 0 Å². The van der Waals surface area contributed by atoms with Crippen molar-refractivity contribution in [3.8, 4) is 0 Å². The number of hydrogen-bond donors (Lipinski definition) is 2. The van der Waals surface area contributed by atoms with E-state index in [9.17, 15) is 13.6 Å². The molecule has 6 heteroatoms. The van der Waals surface area contributed by atoms with Gasteiger partial charge in [-0.25, -0.2) is 8.78 Å². The molecule has 0 radical (unpaired) electrons. The molecule has 0 aliphatic heterocycles. The fourth-order valence-electron chi connectivity index (χ4n) is 0.501. The highest BCUT2D eigenvalue weighted by Crippen LogP contribution is 2.18. The van der Waals surface area contributed by atoms with E-state index in [1.165, 1.54) is 0 Å². The van der Waals surface area contributed by atoms with Gasteiger partial charge in [-0.1, -0.05) is 0 Å². The van der Waals surface area contributed by atoms with Crippen LogP contribution in [0.1, 0.15) is 6.92 Å². The summed E-state index contributed by atoms with van der Waals surface area (Å²) in [4.78, 5) is 10.6. The molecular weight excluding hydrogens is 172 g/mol. The zero-order valence-corrected chi connectivity index (χ0v) is 6.75. The van der Waals surface area contributed by atoms with Crippen LogP contribution in [0.5, 0.6) is 0 Å². The number of nitrogens with two attached hydrogens (primary N) is 1. The molecule has 4 nitrogen and oxygen atoms in total. The monoisotopic (exact) mass is 183 g/mol. The van der Waals surface area contributed by atoms with E-state index in [-0.39, 0.29) is 0 Å². The van der Waals surface area contributed by atoms with E-state index in [1.54, 1.807) is 0 Å². The van der Waals surface area contributed by atoms with Gasteiger partial charge in [0, 0.05) is 0 Å². The summed E-state index contributed by atoms with van der Waals surface area (Å²) in [5.74, 6) is -1.07. The highest BCUT2D eigenvalue weighted by atomic mass is 19.3. The summed E-state index contributed by atoms with van der Waals surface area (Å²) in [7, 11) is 1.00. The number of alkyl halides is 2. The first-order valence-electron chi connectivity index (χ1n) is 3.18. The molecule has 2 unspecified atom stereocenters. The number of methoxy groups -OCH3 is 1. The average molecular weight is 183 g/mol. The highest BCUT2D eigenvalue weighted by Gasteiger charge is 2.43. The quantitative estimate of drug-likeness (QED) is 0.579. The molecule has 72 valence electrons. The molecule has 3 N–H and O–H groups in total. The summed E-state index contributed by atoms with van der Waals surface area (Å²) >= 11 is 0. The Morgan fingerprint density at radius 2 is 2.08 bits per heavy atom. The molecule has 0 aromatic heterocycles. The van der Waals surface area contributed by atoms with Crippen molar-refractivity contribution in [2.45, 2.75) is 25.0 Å². The minimum absolute atomic E-state index is 0.777. The number of esters is 1. The number of rotatable bonds is 3. The maximum absolute atomic E-state index is 12.0. The summed E-state index contributed by atoms with van der Waals surface area (Å²) in [6.07, 6.45) is -3.09. The van der Waals surface area contributed by atoms with Crippen LogP contribution in [0.3, 0.4) is 0 Å². The molecule has 0 aliphatic carbocycles. The van der Waals surface area contributed by atoms with Crippen molar-refractivity contribution in [3.05, 3.63) is 0 Å². The van der Waals surface area contributed by atoms with Gasteiger partial charge in [0.25, 0.3) is 6.43 Å². The van der Waals surface area contributed by atoms with Crippen LogP contribution in [-0.2, 0) is 9.53 Å². The second-order valence-electron chi connectivity index (χ2n) is 2.53. The lowest BCUT2D eigenvalue weighted by Crippen LogP contribution is -2.55. The van der Waals surface area contributed by atoms with Gasteiger partial charge < -0.3 is 15.6 Å². The van der Waals surface area contributed by atoms with Crippen LogP contribution in [0, 0.1) is 0 Å². The minimum atomic E-state index is -3.09. The normalized spacial score (nSPS) is 18.6. The number of carbonyl (C=O) groups excluding carboxylic acids is 1. The topological polar surface area (TPSA) is 72.5 Å². The molecule has 0 saturated heterocycles. The highest BCUT2D eigenvalue weighted by molar-refractivity contribution is 5.76. The van der Waals surface area contributed by atoms with Gasteiger partial charge in [0.2, 0.25) is 0 Å². The first kappa shape index (κ1) is 11.2. The minimum Gasteiger partial charge on any atom is -0.468 e. The van der Waals surface area contributed by atoms with Gasteiger partial charge in [0.05, 0.1) is 7.11 Å². The van der Waals surface area contributed by atoms with Crippen molar-refractivity contribution in [1.82, 2.24) is 0 Å². The molecule has 0 rings (SSSR count). The molecule has 0 fully saturated rings. The van der Waals surface area contributed by atoms with E-state index in [0.717, 1.165) is 14.0 Å². The number of hydrogen-bond acceptors (Lipinski definition) is 4. The Balaban J connectivity index is 4.45. The van der Waals surface area contributed by atoms with Crippen LogP contribution in [0.4, 0.5) is 8.78 Å². The number of aliphatic hydroxyl groups is 1. The second-order valence-corrected chi connectivity index (χ2v) is 2.53. The summed E-state index contributed by atoms with van der Waals surface area (Å²) < 4.78 is 28.1. The Bertz CT molecular complexity index is 172. The molecule has 2 atom stereocenters. The fraction of sp³-hybridized carbons (Fsp3) is 0.833. The largest absolute Gasteiger partial charge is 0.468 e. The van der Waals surface area contributed by atoms with E-state index in [1.807, 2.05) is 0 Å². The van der Waals surface area contributed by atoms with Crippen molar-refractivity contribution in [2.24, 2.45) is 5.73 Å². The van der Waals surface area contributed by atoms with E-state index in [0.29, 0.717) is 0 Å². The SMILES string of the molecule is COC(=O)C(N)C(C)(O)C(F)F. The van der Waals surface area contributed by atoms with Crippen LogP contribution in [0.25, 0.3) is 0 Å². The Hall–Kier alpha value is -0.750. The van der Waals surface area contributed by atoms with E-state index < -0.39 is 24.0 Å². The average Bonchev–Trinajstić information content (AvgIpc) is 2.01. The summed E-state index contributed by atoms with van der Waals surface area (Å²) in [6.45, 7) is 0.777. The molecule has 0 bridgehead atoms. The number of ether oxygens (including phenoxy) is 1. The van der Waals surface area contributed by atoms with Crippen molar-refractivity contribution in [2.75, 3.05) is 7.11 Å². The van der Waals surface area contributed by atoms with Gasteiger partial charge >= 0.3 is 5.97 Å². The van der Waals surface area contributed by atoms with Crippen LogP contribution in [-0.4, -0.2) is 36.3 Å². The first-order chi connectivity index (χ1) is 5.34. The third kappa shape index (κ3) is 2.12. The van der Waals surface area contributed by atoms with Crippen LogP contribution >= 0.6 is 0 Å². The molecule has 0 aromatic carbocycles. The third-order valence-electron chi connectivity index (χ3n) is 1.53. The molecule has 0 aliphatic rings. The zero-order chi connectivity index (χ0) is 9.94. The predicted molar refractivity (Wildman–Crippen MR) is 36.6 cm³/mol. The van der Waals surface area contributed by atoms with E-state index >= 15 is 0 Å². The Morgan fingerprint density at radius 1 is 1.67 bits per heavy atom. The summed E-state index contributed by atoms with van der Waals surface area (Å²) in [5.41, 5.74) is 2.45. The number of carbonyl (C=O) groups is 1. The molecule has 12 heavy (non-hydrogen) atoms. The molecular formula is C6H11F2NO3.